The molecule has 4 heterocycles. The number of anilines is 2. The second-order valence-corrected chi connectivity index (χ2v) is 32.2. The smallest absolute Gasteiger partial charge is 0.303 e. The Bertz CT molecular complexity index is 5130. The third-order valence-electron chi connectivity index (χ3n) is 21.5. The van der Waals surface area contributed by atoms with Gasteiger partial charge in [0.25, 0.3) is 21.5 Å². The van der Waals surface area contributed by atoms with E-state index in [1.807, 2.05) is 123 Å². The number of non-ortho nitro benzene ring substituents is 2. The molecule has 8 aromatic carbocycles. The fourth-order valence-corrected chi connectivity index (χ4v) is 15.2. The predicted octanol–water partition coefficient (Wildman–Crippen LogP) is 22.0. The number of aryl methyl sites for hydroxylation is 3. The van der Waals surface area contributed by atoms with Crippen LogP contribution in [0.4, 0.5) is 45.5 Å². The van der Waals surface area contributed by atoms with Gasteiger partial charge in [-0.2, -0.15) is 22.1 Å². The van der Waals surface area contributed by atoms with Crippen molar-refractivity contribution in [3.05, 3.63) is 301 Å². The van der Waals surface area contributed by atoms with Crippen molar-refractivity contribution in [1.29, 1.82) is 0 Å². The number of nitro benzene ring substituents is 2. The molecular weight excluding hydrogens is 1440 g/mol. The van der Waals surface area contributed by atoms with Crippen molar-refractivity contribution in [2.24, 2.45) is 4.99 Å². The van der Waals surface area contributed by atoms with Gasteiger partial charge >= 0.3 is 11.9 Å². The van der Waals surface area contributed by atoms with Crippen LogP contribution in [0, 0.1) is 41.0 Å². The van der Waals surface area contributed by atoms with Crippen molar-refractivity contribution in [2.45, 2.75) is 196 Å². The highest BCUT2D eigenvalue weighted by Crippen LogP contribution is 2.49. The van der Waals surface area contributed by atoms with E-state index in [2.05, 4.69) is 166 Å². The number of aliphatic carboxylic acids is 2. The van der Waals surface area contributed by atoms with Crippen LogP contribution in [0.2, 0.25) is 0 Å². The van der Waals surface area contributed by atoms with Gasteiger partial charge in [0.15, 0.2) is 30.2 Å². The Morgan fingerprint density at radius 1 is 0.513 bits per heavy atom. The first-order valence-corrected chi connectivity index (χ1v) is 39.2. The molecule has 0 bridgehead atoms. The molecule has 0 fully saturated rings. The molecular formula is C93H113N8O11S+3. The Morgan fingerprint density at radius 3 is 1.49 bits per heavy atom. The molecule has 594 valence electrons. The Morgan fingerprint density at radius 2 is 0.982 bits per heavy atom. The number of aliphatic imine (C=N–C) groups is 1. The predicted molar refractivity (Wildman–Crippen MR) is 460 cm³/mol. The maximum absolute atomic E-state index is 12.0. The van der Waals surface area contributed by atoms with E-state index in [1.165, 1.54) is 80.4 Å². The largest absolute Gasteiger partial charge is 0.481 e. The molecule has 8 aromatic rings. The van der Waals surface area contributed by atoms with Crippen molar-refractivity contribution >= 4 is 90.9 Å². The minimum absolute atomic E-state index is 0. The van der Waals surface area contributed by atoms with E-state index < -0.39 is 32.4 Å². The van der Waals surface area contributed by atoms with Crippen LogP contribution >= 0.6 is 0 Å². The lowest BCUT2D eigenvalue weighted by Crippen LogP contribution is -2.27. The molecule has 0 saturated heterocycles. The lowest BCUT2D eigenvalue weighted by atomic mass is 9.81. The molecule has 0 saturated carbocycles. The van der Waals surface area contributed by atoms with Crippen molar-refractivity contribution in [1.82, 2.24) is 0 Å². The fourth-order valence-electron chi connectivity index (χ4n) is 14.7. The van der Waals surface area contributed by atoms with E-state index >= 15 is 0 Å². The molecule has 4 N–H and O–H groups in total. The second-order valence-electron chi connectivity index (χ2n) is 30.8. The average molecular weight is 1550 g/mol. The summed E-state index contributed by atoms with van der Waals surface area (Å²) in [5, 5.41) is 42.9. The number of para-hydroxylation sites is 2. The summed E-state index contributed by atoms with van der Waals surface area (Å²) in [4.78, 5) is 49.1. The number of rotatable bonds is 26. The van der Waals surface area contributed by atoms with Gasteiger partial charge in [0, 0.05) is 151 Å². The molecule has 113 heavy (non-hydrogen) atoms. The number of allylic oxidation sites excluding steroid dienone is 7. The maximum Gasteiger partial charge on any atom is 0.303 e. The molecule has 0 spiro atoms. The zero-order chi connectivity index (χ0) is 80.6. The van der Waals surface area contributed by atoms with Crippen LogP contribution in [0.3, 0.4) is 0 Å². The molecule has 0 amide bonds. The zero-order valence-corrected chi connectivity index (χ0v) is 66.9. The van der Waals surface area contributed by atoms with Gasteiger partial charge < -0.3 is 20.4 Å². The molecule has 0 aliphatic carbocycles. The number of benzene rings is 8. The number of carbonyl (C=O) groups is 2. The number of carboxylic acids is 2. The number of fused-ring (bicyclic) bond motifs is 4. The lowest BCUT2D eigenvalue weighted by molar-refractivity contribution is -0.456. The summed E-state index contributed by atoms with van der Waals surface area (Å²) in [6.45, 7) is 31.1. The third kappa shape index (κ3) is 22.1. The summed E-state index contributed by atoms with van der Waals surface area (Å²) in [6.07, 6.45) is 20.8. The summed E-state index contributed by atoms with van der Waals surface area (Å²) in [6, 6.07) is 57.7. The summed E-state index contributed by atoms with van der Waals surface area (Å²) in [5.74, 6) is -1.51. The highest BCUT2D eigenvalue weighted by atomic mass is 32.2. The molecule has 19 nitrogen and oxygen atoms in total. The fraction of sp³-hybridized carbons (Fsp3) is 0.333. The highest BCUT2D eigenvalue weighted by molar-refractivity contribution is 7.85. The van der Waals surface area contributed by atoms with Crippen LogP contribution in [-0.4, -0.2) is 95.1 Å². The first-order chi connectivity index (χ1) is 52.6. The van der Waals surface area contributed by atoms with Crippen LogP contribution in [0.1, 0.15) is 186 Å². The van der Waals surface area contributed by atoms with Gasteiger partial charge in [-0.05, 0) is 191 Å². The second kappa shape index (κ2) is 38.7. The van der Waals surface area contributed by atoms with E-state index in [1.54, 1.807) is 36.5 Å². The van der Waals surface area contributed by atoms with Crippen LogP contribution in [0.25, 0.3) is 0 Å². The zero-order valence-electron chi connectivity index (χ0n) is 66.1. The monoisotopic (exact) mass is 1550 g/mol. The van der Waals surface area contributed by atoms with Gasteiger partial charge in [-0.25, -0.2) is 0 Å². The number of nitrogens with one attached hydrogen (secondary N) is 1. The number of nitro groups is 2. The van der Waals surface area contributed by atoms with Gasteiger partial charge in [-0.1, -0.05) is 125 Å². The summed E-state index contributed by atoms with van der Waals surface area (Å²) in [7, 11) is -4.39. The van der Waals surface area contributed by atoms with E-state index in [-0.39, 0.29) is 65.1 Å². The Kier molecular flexibility index (Phi) is 30.5. The molecule has 4 aliphatic heterocycles. The average Bonchev–Trinajstić information content (AvgIpc) is 1.58. The van der Waals surface area contributed by atoms with Crippen LogP contribution in [0.5, 0.6) is 0 Å². The Hall–Kier alpha value is -11.4. The number of carboxylic acid groups (broad SMARTS) is 2. The standard InChI is InChI=1S/C39H43N3O7S.C19H21N2O2.C18H25NO2.C15H14N2.2CH4/c1-27-15-21-34-31(24-27)38(2,3)36(41(34)26-28-16-18-29(19-17-28)42(45)46)13-9-6-8-12-35-39(4,5)32-25-30(50(47,48)49)20-22-33(32)40(35)23-11-7-10-14-37(43)44;1-13-5-10-18-17(11-13)19(3,4)14(2)20(18)12-15-6-8-16(9-7-15)21(22)23;1-13-9-10-16-15(12-13)18(3,4)14(2)19(16)11-7-5-6-8-17(20)21;1-3-8-14(9-4-1)16-12-7-13-17-15-10-5-2-6-11-15;;/h6,8-9,12-13,15-22,24-25H,7,10-11,14,23,26H2,1-5H3,(H-,43,44,47,48,49);5-11H,12H2,1-4H3;9-10,12H,5-8,11H2,1-4H3;1-13,16H;2*1H4/q;+1;;;;/p+2/b;;;12-7+,17-13?;;. The summed E-state index contributed by atoms with van der Waals surface area (Å²) in [5.41, 5.74) is 21.2. The van der Waals surface area contributed by atoms with Gasteiger partial charge in [-0.3, -0.25) is 39.4 Å². The number of nitrogens with zero attached hydrogens (tertiary/aromatic N) is 7. The maximum atomic E-state index is 12.0. The molecule has 0 unspecified atom stereocenters. The molecule has 20 heteroatoms. The van der Waals surface area contributed by atoms with Crippen molar-refractivity contribution in [3.63, 3.8) is 0 Å². The highest BCUT2D eigenvalue weighted by Gasteiger charge is 2.47. The van der Waals surface area contributed by atoms with Gasteiger partial charge in [0.05, 0.1) is 36.7 Å². The first-order valence-electron chi connectivity index (χ1n) is 37.7. The van der Waals surface area contributed by atoms with Gasteiger partial charge in [0.2, 0.25) is 17.1 Å². The molecule has 4 aliphatic rings. The van der Waals surface area contributed by atoms with Crippen molar-refractivity contribution < 1.29 is 56.3 Å². The lowest BCUT2D eigenvalue weighted by Gasteiger charge is -2.27. The normalized spacial score (nSPS) is 15.5. The van der Waals surface area contributed by atoms with E-state index in [4.69, 9.17) is 10.2 Å². The third-order valence-corrected chi connectivity index (χ3v) is 22.3. The molecule has 0 aromatic heterocycles. The van der Waals surface area contributed by atoms with E-state index in [0.29, 0.717) is 19.5 Å². The van der Waals surface area contributed by atoms with Gasteiger partial charge in [0.1, 0.15) is 6.54 Å². The van der Waals surface area contributed by atoms with Crippen LogP contribution < -0.4 is 10.2 Å². The molecule has 0 radical (unpaired) electrons. The SMILES string of the molecule is C.C.C(/C=C/Nc1ccccc1)=Nc1ccccc1.CC1=[N+](CCCCCC(=O)O)c2ccc(C)cc2C1(C)C.CC1=[N+](Cc2ccc([N+](=O)[O-])cc2)c2ccc(C)cc2C1(C)C.Cc1ccc2c(c1)C(C)(C)C(/C=C/C=C/C=C1/N(CCCCCC(=O)O)c3ccc(S(=O)(=O)O)cc3C1(C)C)=[N+]2Cc1ccc([N+](=O)[O-])cc1. The van der Waals surface area contributed by atoms with E-state index in [9.17, 15) is 42.8 Å². The summed E-state index contributed by atoms with van der Waals surface area (Å²) >= 11 is 0. The van der Waals surface area contributed by atoms with Crippen molar-refractivity contribution in [3.8, 4) is 0 Å². The number of hydrogen-bond donors (Lipinski definition) is 4. The summed E-state index contributed by atoms with van der Waals surface area (Å²) < 4.78 is 40.7. The van der Waals surface area contributed by atoms with Crippen LogP contribution in [-0.2, 0) is 54.5 Å². The molecule has 12 rings (SSSR count). The minimum atomic E-state index is -4.39. The van der Waals surface area contributed by atoms with Gasteiger partial charge in [-0.15, -0.1) is 0 Å². The Balaban J connectivity index is 0.000000232. The van der Waals surface area contributed by atoms with Crippen molar-refractivity contribution in [2.75, 3.05) is 23.3 Å². The quantitative estimate of drug-likeness (QED) is 0.00750. The number of unbranched alkanes of at least 4 members (excludes halogenated alkanes) is 4. The minimum Gasteiger partial charge on any atom is -0.481 e. The number of hydrogen-bond acceptors (Lipinski definition) is 11. The first kappa shape index (κ1) is 88.9. The topological polar surface area (TPSA) is 252 Å². The van der Waals surface area contributed by atoms with Crippen LogP contribution in [0.15, 0.2) is 240 Å². The van der Waals surface area contributed by atoms with E-state index in [0.717, 1.165) is 96.0 Å². The molecule has 0 atom stereocenters. The Labute approximate surface area is 668 Å².